The zero-order valence-electron chi connectivity index (χ0n) is 20.3. The Balaban J connectivity index is 0.00000294. The summed E-state index contributed by atoms with van der Waals surface area (Å²) in [5.41, 5.74) is 10.4. The number of hydrogen-bond acceptors (Lipinski definition) is 3. The van der Waals surface area contributed by atoms with Crippen molar-refractivity contribution in [2.45, 2.75) is 6.54 Å². The van der Waals surface area contributed by atoms with Gasteiger partial charge in [-0.1, -0.05) is 84.9 Å². The van der Waals surface area contributed by atoms with Crippen molar-refractivity contribution < 1.29 is 16.5 Å². The first-order valence-corrected chi connectivity index (χ1v) is 12.0. The second-order valence-electron chi connectivity index (χ2n) is 8.58. The Kier molecular flexibility index (Phi) is 7.64. The number of fused-ring (bicyclic) bond motifs is 3. The summed E-state index contributed by atoms with van der Waals surface area (Å²) in [5, 5.41) is 1.04. The molecule has 2 heterocycles. The van der Waals surface area contributed by atoms with E-state index in [4.69, 9.17) is 9.98 Å². The van der Waals surface area contributed by atoms with Crippen molar-refractivity contribution in [3.63, 3.8) is 0 Å². The van der Waals surface area contributed by atoms with E-state index in [1.54, 1.807) is 0 Å². The normalized spacial score (nSPS) is 12.1. The van der Waals surface area contributed by atoms with E-state index in [0.717, 1.165) is 50.1 Å². The first kappa shape index (κ1) is 25.0. The topological polar surface area (TPSA) is 50.0 Å². The molecule has 38 heavy (non-hydrogen) atoms. The van der Waals surface area contributed by atoms with E-state index in [-0.39, 0.29) is 16.5 Å². The first-order valence-electron chi connectivity index (χ1n) is 12.0. The number of pyridine rings is 1. The van der Waals surface area contributed by atoms with Crippen molar-refractivity contribution in [1.82, 2.24) is 4.98 Å². The van der Waals surface area contributed by atoms with Crippen LogP contribution < -0.4 is 0 Å². The number of nitrogens with zero attached hydrogens (tertiary/aromatic N) is 4. The molecule has 0 amide bonds. The molecule has 5 aromatic rings. The van der Waals surface area contributed by atoms with E-state index in [1.165, 1.54) is 0 Å². The van der Waals surface area contributed by atoms with Gasteiger partial charge in [-0.15, -0.1) is 23.8 Å². The van der Waals surface area contributed by atoms with Crippen molar-refractivity contribution in [1.29, 1.82) is 0 Å². The van der Waals surface area contributed by atoms with Gasteiger partial charge in [-0.05, 0) is 40.8 Å². The van der Waals surface area contributed by atoms with Gasteiger partial charge in [0.05, 0.1) is 23.6 Å². The van der Waals surface area contributed by atoms with E-state index in [9.17, 15) is 0 Å². The van der Waals surface area contributed by atoms with E-state index < -0.39 is 0 Å². The first-order chi connectivity index (χ1) is 18.3. The molecule has 5 heteroatoms. The minimum Gasteiger partial charge on any atom is -0.334 e. The zero-order chi connectivity index (χ0) is 24.9. The molecule has 4 aromatic carbocycles. The van der Waals surface area contributed by atoms with Crippen LogP contribution in [-0.2, 0) is 23.0 Å². The molecule has 0 saturated heterocycles. The van der Waals surface area contributed by atoms with E-state index >= 15 is 0 Å². The summed E-state index contributed by atoms with van der Waals surface area (Å²) < 4.78 is 0. The quantitative estimate of drug-likeness (QED) is 0.0755. The largest absolute Gasteiger partial charge is 0.334 e. The Labute approximate surface area is 231 Å². The van der Waals surface area contributed by atoms with E-state index in [1.807, 2.05) is 91.0 Å². The molecule has 0 saturated carbocycles. The fourth-order valence-electron chi connectivity index (χ4n) is 4.18. The van der Waals surface area contributed by atoms with Gasteiger partial charge in [0, 0.05) is 33.3 Å². The fourth-order valence-corrected chi connectivity index (χ4v) is 4.18. The minimum absolute atomic E-state index is 0. The summed E-state index contributed by atoms with van der Waals surface area (Å²) in [4.78, 5) is 18.8. The maximum Gasteiger partial charge on any atom is 0.108 e. The molecule has 0 radical (unpaired) electrons. The summed E-state index contributed by atoms with van der Waals surface area (Å²) >= 11 is 0. The molecule has 0 spiro atoms. The third kappa shape index (κ3) is 5.52. The molecule has 1 aliphatic rings. The van der Waals surface area contributed by atoms with E-state index in [0.29, 0.717) is 12.4 Å². The van der Waals surface area contributed by atoms with Crippen LogP contribution in [0.2, 0.25) is 0 Å². The van der Waals surface area contributed by atoms with Gasteiger partial charge in [-0.2, -0.15) is 4.99 Å². The molecule has 0 fully saturated rings. The molecule has 184 valence electrons. The maximum absolute atomic E-state index is 4.94. The van der Waals surface area contributed by atoms with Crippen molar-refractivity contribution in [3.05, 3.63) is 137 Å². The van der Waals surface area contributed by atoms with Crippen LogP contribution in [0.5, 0.6) is 0 Å². The van der Waals surface area contributed by atoms with Gasteiger partial charge >= 0.3 is 0 Å². The number of benzene rings is 4. The van der Waals surface area contributed by atoms with Crippen molar-refractivity contribution >= 4 is 40.6 Å². The third-order valence-corrected chi connectivity index (χ3v) is 6.06. The maximum atomic E-state index is 4.94. The monoisotopic (exact) mass is 531 g/mol. The SMILES string of the molecule is C1=C=Nc2c(ccc3ccc(-c4cccc([C-]=NC(=NCc5ccccc5)c5ccccc5)c4)nc23)C=1.[Ni]. The second kappa shape index (κ2) is 11.6. The molecular weight excluding hydrogens is 511 g/mol. The van der Waals surface area contributed by atoms with Crippen molar-refractivity contribution in [2.75, 3.05) is 0 Å². The van der Waals surface area contributed by atoms with Crippen LogP contribution in [0.4, 0.5) is 5.69 Å². The predicted molar refractivity (Wildman–Crippen MR) is 152 cm³/mol. The third-order valence-electron chi connectivity index (χ3n) is 6.06. The van der Waals surface area contributed by atoms with Gasteiger partial charge in [0.25, 0.3) is 0 Å². The molecule has 0 unspecified atom stereocenters. The molecule has 1 aliphatic heterocycles. The molecule has 0 atom stereocenters. The van der Waals surface area contributed by atoms with Crippen LogP contribution >= 0.6 is 0 Å². The van der Waals surface area contributed by atoms with Crippen LogP contribution in [0.3, 0.4) is 0 Å². The van der Waals surface area contributed by atoms with Gasteiger partial charge in [-0.25, -0.2) is 4.98 Å². The summed E-state index contributed by atoms with van der Waals surface area (Å²) in [6.07, 6.45) is 5.08. The van der Waals surface area contributed by atoms with Crippen molar-refractivity contribution in [3.8, 4) is 11.3 Å². The summed E-state index contributed by atoms with van der Waals surface area (Å²) in [5.74, 6) is 3.45. The Bertz CT molecular complexity index is 1760. The van der Waals surface area contributed by atoms with Crippen LogP contribution in [-0.4, -0.2) is 22.9 Å². The Morgan fingerprint density at radius 3 is 2.45 bits per heavy atom. The fraction of sp³-hybridized carbons (Fsp3) is 0.0303. The van der Waals surface area contributed by atoms with Gasteiger partial charge in [0.1, 0.15) is 5.69 Å². The predicted octanol–water partition coefficient (Wildman–Crippen LogP) is 7.33. The van der Waals surface area contributed by atoms with Gasteiger partial charge < -0.3 is 9.98 Å². The van der Waals surface area contributed by atoms with Crippen LogP contribution in [0.25, 0.3) is 28.2 Å². The molecule has 0 aliphatic carbocycles. The summed E-state index contributed by atoms with van der Waals surface area (Å²) in [6.45, 7) is 0.550. The van der Waals surface area contributed by atoms with Gasteiger partial charge in [-0.3, -0.25) is 0 Å². The summed E-state index contributed by atoms with van der Waals surface area (Å²) in [6, 6.07) is 36.4. The average molecular weight is 532 g/mol. The van der Waals surface area contributed by atoms with Crippen molar-refractivity contribution in [2.24, 2.45) is 15.0 Å². The molecule has 1 aromatic heterocycles. The number of amidine groups is 1. The van der Waals surface area contributed by atoms with Crippen LogP contribution in [0, 0.1) is 0 Å². The Morgan fingerprint density at radius 2 is 1.61 bits per heavy atom. The number of hydrogen-bond donors (Lipinski definition) is 0. The number of aromatic nitrogens is 1. The Hall–Kier alpha value is -4.65. The Morgan fingerprint density at radius 1 is 0.816 bits per heavy atom. The molecular formula is C33H21N4Ni-. The smallest absolute Gasteiger partial charge is 0.108 e. The molecule has 0 bridgehead atoms. The molecule has 4 nitrogen and oxygen atoms in total. The number of rotatable bonds is 5. The van der Waals surface area contributed by atoms with E-state index in [2.05, 4.69) is 52.1 Å². The van der Waals surface area contributed by atoms with Gasteiger partial charge in [0.15, 0.2) is 0 Å². The van der Waals surface area contributed by atoms with Crippen LogP contribution in [0.15, 0.2) is 130 Å². The van der Waals surface area contributed by atoms with Gasteiger partial charge in [0.2, 0.25) is 0 Å². The molecule has 6 rings (SSSR count). The average Bonchev–Trinajstić information content (AvgIpc) is 2.98. The standard InChI is InChI=1S/C33H21N4.Ni/c1-3-9-24(10-4-1)22-35-33(28-12-5-2-6-13-28)36-23-25-11-7-14-29(21-25)30-19-18-27-17-16-26-15-8-20-34-31(26)32(27)37-30;/h1-7,9-19,21H,22H2;/q-1;. The molecule has 0 N–H and O–H groups in total. The minimum atomic E-state index is 0. The zero-order valence-corrected chi connectivity index (χ0v) is 21.3. The summed E-state index contributed by atoms with van der Waals surface area (Å²) in [7, 11) is 0. The number of aliphatic imine (C=N–C) groups is 3. The second-order valence-corrected chi connectivity index (χ2v) is 8.58. The van der Waals surface area contributed by atoms with Crippen LogP contribution in [0.1, 0.15) is 22.3 Å².